The summed E-state index contributed by atoms with van der Waals surface area (Å²) in [5.74, 6) is 2.62. The molecule has 12 heteroatoms. The molecule has 3 rings (SSSR count). The van der Waals surface area contributed by atoms with Crippen molar-refractivity contribution < 1.29 is 17.9 Å². The SMILES string of the molecule is CCCN(C)CCCOc1cc2nc(N(C)C)nc(N3CCN(S(=O)(=O)N(C)C)CC3)c2cc1OC. The Kier molecular flexibility index (Phi) is 9.56. The van der Waals surface area contributed by atoms with E-state index in [1.54, 1.807) is 21.2 Å². The van der Waals surface area contributed by atoms with Crippen LogP contribution in [-0.2, 0) is 10.2 Å². The molecule has 0 aliphatic carbocycles. The number of nitrogens with zero attached hydrogens (tertiary/aromatic N) is 7. The summed E-state index contributed by atoms with van der Waals surface area (Å²) < 4.78 is 39.6. The second-order valence-electron chi connectivity index (χ2n) is 9.44. The molecule has 1 fully saturated rings. The van der Waals surface area contributed by atoms with Gasteiger partial charge in [0, 0.05) is 72.4 Å². The van der Waals surface area contributed by atoms with Gasteiger partial charge in [-0.2, -0.15) is 22.0 Å². The summed E-state index contributed by atoms with van der Waals surface area (Å²) in [6.45, 7) is 6.61. The number of aromatic nitrogens is 2. The van der Waals surface area contributed by atoms with Crippen LogP contribution < -0.4 is 19.3 Å². The van der Waals surface area contributed by atoms with E-state index < -0.39 is 10.2 Å². The number of hydrogen-bond donors (Lipinski definition) is 0. The van der Waals surface area contributed by atoms with Gasteiger partial charge in [-0.25, -0.2) is 4.98 Å². The van der Waals surface area contributed by atoms with Crippen LogP contribution in [0.3, 0.4) is 0 Å². The van der Waals surface area contributed by atoms with Crippen LogP contribution in [0.5, 0.6) is 11.5 Å². The molecule has 2 aromatic rings. The van der Waals surface area contributed by atoms with E-state index >= 15 is 0 Å². The Labute approximate surface area is 215 Å². The molecule has 36 heavy (non-hydrogen) atoms. The minimum absolute atomic E-state index is 0.383. The van der Waals surface area contributed by atoms with Crippen LogP contribution in [0.15, 0.2) is 12.1 Å². The van der Waals surface area contributed by atoms with Gasteiger partial charge in [0.2, 0.25) is 5.95 Å². The summed E-state index contributed by atoms with van der Waals surface area (Å²) >= 11 is 0. The zero-order valence-electron chi connectivity index (χ0n) is 22.7. The molecule has 0 atom stereocenters. The first-order chi connectivity index (χ1) is 17.1. The van der Waals surface area contributed by atoms with Gasteiger partial charge in [0.25, 0.3) is 10.2 Å². The van der Waals surface area contributed by atoms with Crippen LogP contribution in [-0.4, -0.2) is 120 Å². The summed E-state index contributed by atoms with van der Waals surface area (Å²) in [7, 11) is 7.22. The smallest absolute Gasteiger partial charge is 0.281 e. The van der Waals surface area contributed by atoms with Gasteiger partial charge in [0.05, 0.1) is 19.2 Å². The molecule has 0 amide bonds. The van der Waals surface area contributed by atoms with Gasteiger partial charge in [-0.05, 0) is 32.5 Å². The van der Waals surface area contributed by atoms with Gasteiger partial charge in [0.1, 0.15) is 5.82 Å². The number of fused-ring (bicyclic) bond motifs is 1. The average Bonchev–Trinajstić information content (AvgIpc) is 2.85. The van der Waals surface area contributed by atoms with E-state index in [-0.39, 0.29) is 0 Å². The molecule has 0 spiro atoms. The number of benzene rings is 1. The third-order valence-electron chi connectivity index (χ3n) is 6.22. The van der Waals surface area contributed by atoms with Crippen molar-refractivity contribution in [1.82, 2.24) is 23.5 Å². The first-order valence-electron chi connectivity index (χ1n) is 12.4. The minimum atomic E-state index is -3.45. The van der Waals surface area contributed by atoms with Crippen molar-refractivity contribution >= 4 is 32.9 Å². The summed E-state index contributed by atoms with van der Waals surface area (Å²) in [6, 6.07) is 3.83. The van der Waals surface area contributed by atoms with Gasteiger partial charge < -0.3 is 24.2 Å². The summed E-state index contributed by atoms with van der Waals surface area (Å²) in [5.41, 5.74) is 0.756. The van der Waals surface area contributed by atoms with Crippen molar-refractivity contribution in [2.45, 2.75) is 19.8 Å². The van der Waals surface area contributed by atoms with Gasteiger partial charge in [-0.1, -0.05) is 6.92 Å². The fourth-order valence-corrected chi connectivity index (χ4v) is 5.28. The number of rotatable bonds is 12. The second kappa shape index (κ2) is 12.2. The van der Waals surface area contributed by atoms with Crippen molar-refractivity contribution in [3.05, 3.63) is 12.1 Å². The summed E-state index contributed by atoms with van der Waals surface area (Å²) in [6.07, 6.45) is 2.04. The lowest BCUT2D eigenvalue weighted by atomic mass is 10.2. The standard InChI is InChI=1S/C24H41N7O4S/c1-8-10-29(6)11-9-16-35-22-18-20-19(17-21(22)34-7)23(26-24(25-20)27(2)3)30-12-14-31(15-13-30)36(32,33)28(4)5/h17-18H,8-16H2,1-7H3. The molecule has 2 heterocycles. The fourth-order valence-electron chi connectivity index (χ4n) is 4.19. The average molecular weight is 524 g/mol. The highest BCUT2D eigenvalue weighted by Crippen LogP contribution is 2.36. The minimum Gasteiger partial charge on any atom is -0.493 e. The maximum Gasteiger partial charge on any atom is 0.281 e. The van der Waals surface area contributed by atoms with Crippen LogP contribution in [0.25, 0.3) is 10.9 Å². The third-order valence-corrected chi connectivity index (χ3v) is 8.16. The van der Waals surface area contributed by atoms with Gasteiger partial charge >= 0.3 is 0 Å². The molecular weight excluding hydrogens is 482 g/mol. The van der Waals surface area contributed by atoms with Crippen LogP contribution in [0, 0.1) is 0 Å². The first-order valence-corrected chi connectivity index (χ1v) is 13.8. The normalized spacial score (nSPS) is 15.2. The number of hydrogen-bond acceptors (Lipinski definition) is 9. The van der Waals surface area contributed by atoms with Crippen molar-refractivity contribution in [3.63, 3.8) is 0 Å². The highest BCUT2D eigenvalue weighted by atomic mass is 32.2. The van der Waals surface area contributed by atoms with Crippen LogP contribution in [0.1, 0.15) is 19.8 Å². The lowest BCUT2D eigenvalue weighted by Gasteiger charge is -2.36. The number of ether oxygens (including phenoxy) is 2. The molecule has 1 aromatic carbocycles. The van der Waals surface area contributed by atoms with Crippen molar-refractivity contribution in [3.8, 4) is 11.5 Å². The van der Waals surface area contributed by atoms with Crippen LogP contribution in [0.2, 0.25) is 0 Å². The van der Waals surface area contributed by atoms with E-state index in [9.17, 15) is 8.42 Å². The van der Waals surface area contributed by atoms with Gasteiger partial charge in [0.15, 0.2) is 11.5 Å². The zero-order valence-corrected chi connectivity index (χ0v) is 23.5. The second-order valence-corrected chi connectivity index (χ2v) is 11.6. The van der Waals surface area contributed by atoms with Crippen molar-refractivity contribution in [2.24, 2.45) is 0 Å². The van der Waals surface area contributed by atoms with E-state index in [1.165, 1.54) is 8.61 Å². The highest BCUT2D eigenvalue weighted by molar-refractivity contribution is 7.86. The Balaban J connectivity index is 1.87. The Morgan fingerprint density at radius 3 is 2.25 bits per heavy atom. The Hall–Kier alpha value is -2.41. The molecule has 202 valence electrons. The molecule has 1 saturated heterocycles. The molecular formula is C24H41N7O4S. The van der Waals surface area contributed by atoms with E-state index in [1.807, 2.05) is 31.1 Å². The molecule has 0 unspecified atom stereocenters. The van der Waals surface area contributed by atoms with Crippen molar-refractivity contribution in [2.75, 3.05) is 98.0 Å². The Bertz CT molecular complexity index is 1120. The van der Waals surface area contributed by atoms with E-state index in [2.05, 4.69) is 23.8 Å². The predicted molar refractivity (Wildman–Crippen MR) is 145 cm³/mol. The van der Waals surface area contributed by atoms with Crippen LogP contribution in [0.4, 0.5) is 11.8 Å². The molecule has 1 aliphatic heterocycles. The quantitative estimate of drug-likeness (QED) is 0.386. The molecule has 1 aliphatic rings. The van der Waals surface area contributed by atoms with E-state index in [4.69, 9.17) is 19.4 Å². The topological polar surface area (TPSA) is 94.6 Å². The van der Waals surface area contributed by atoms with E-state index in [0.717, 1.165) is 42.7 Å². The number of anilines is 2. The fraction of sp³-hybridized carbons (Fsp3) is 0.667. The lowest BCUT2D eigenvalue weighted by Crippen LogP contribution is -2.52. The maximum atomic E-state index is 12.6. The van der Waals surface area contributed by atoms with Crippen LogP contribution >= 0.6 is 0 Å². The third kappa shape index (κ3) is 6.47. The maximum absolute atomic E-state index is 12.6. The Morgan fingerprint density at radius 2 is 1.67 bits per heavy atom. The zero-order chi connectivity index (χ0) is 26.5. The van der Waals surface area contributed by atoms with Crippen molar-refractivity contribution in [1.29, 1.82) is 0 Å². The molecule has 11 nitrogen and oxygen atoms in total. The van der Waals surface area contributed by atoms with Gasteiger partial charge in [-0.15, -0.1) is 0 Å². The molecule has 0 bridgehead atoms. The monoisotopic (exact) mass is 523 g/mol. The number of methoxy groups -OCH3 is 1. The van der Waals surface area contributed by atoms with Gasteiger partial charge in [-0.3, -0.25) is 0 Å². The Morgan fingerprint density at radius 1 is 0.972 bits per heavy atom. The first kappa shape index (κ1) is 28.2. The molecule has 0 saturated carbocycles. The summed E-state index contributed by atoms with van der Waals surface area (Å²) in [4.78, 5) is 15.9. The highest BCUT2D eigenvalue weighted by Gasteiger charge is 2.30. The summed E-state index contributed by atoms with van der Waals surface area (Å²) in [5, 5.41) is 0.844. The molecule has 0 radical (unpaired) electrons. The van der Waals surface area contributed by atoms with E-state index in [0.29, 0.717) is 50.2 Å². The molecule has 0 N–H and O–H groups in total. The number of piperazine rings is 1. The molecule has 1 aromatic heterocycles. The predicted octanol–water partition coefficient (Wildman–Crippen LogP) is 1.74. The largest absolute Gasteiger partial charge is 0.493 e. The lowest BCUT2D eigenvalue weighted by molar-refractivity contribution is 0.254.